The molecule has 1 aliphatic heterocycles. The number of hydrogen-bond donors (Lipinski definition) is 6. The van der Waals surface area contributed by atoms with Crippen LogP contribution in [0.5, 0.6) is 0 Å². The van der Waals surface area contributed by atoms with Crippen molar-refractivity contribution >= 4 is 16.3 Å². The predicted octanol–water partition coefficient (Wildman–Crippen LogP) is 11.1. The molecule has 7 unspecified atom stereocenters. The van der Waals surface area contributed by atoms with Gasteiger partial charge in [0.25, 0.3) is 0 Å². The van der Waals surface area contributed by atoms with Gasteiger partial charge in [0.15, 0.2) is 6.29 Å². The maximum absolute atomic E-state index is 13.1. The number of allylic oxidation sites excluding steroid dienone is 1. The molecule has 374 valence electrons. The van der Waals surface area contributed by atoms with Crippen molar-refractivity contribution in [3.8, 4) is 0 Å². The number of carbonyl (C=O) groups is 1. The number of aliphatic hydroxyl groups excluding tert-OH is 4. The van der Waals surface area contributed by atoms with Gasteiger partial charge in [-0.3, -0.25) is 9.35 Å². The molecule has 1 saturated heterocycles. The SMILES string of the molecule is CCCCCCCCCCCCCCCCCCC/C=C/C(O)C(COC1OC(CO)C(O)C(OS(=O)(=O)O)C1O)NC(=O)CCCCCCCCCCCCCCCCCCC. The quantitative estimate of drug-likeness (QED) is 0.0193. The van der Waals surface area contributed by atoms with Gasteiger partial charge in [0, 0.05) is 6.42 Å². The van der Waals surface area contributed by atoms with Gasteiger partial charge in [-0.2, -0.15) is 8.42 Å². The number of rotatable bonds is 45. The highest BCUT2D eigenvalue weighted by atomic mass is 32.3. The van der Waals surface area contributed by atoms with Crippen LogP contribution >= 0.6 is 0 Å². The van der Waals surface area contributed by atoms with Gasteiger partial charge in [0.2, 0.25) is 5.91 Å². The van der Waals surface area contributed by atoms with Gasteiger partial charge in [-0.15, -0.1) is 0 Å². The minimum Gasteiger partial charge on any atom is -0.394 e. The molecule has 0 aromatic heterocycles. The summed E-state index contributed by atoms with van der Waals surface area (Å²) >= 11 is 0. The zero-order valence-electron chi connectivity index (χ0n) is 40.2. The third kappa shape index (κ3) is 33.9. The molecule has 0 aliphatic carbocycles. The Balaban J connectivity index is 2.45. The Morgan fingerprint density at radius 1 is 0.619 bits per heavy atom. The van der Waals surface area contributed by atoms with Gasteiger partial charge in [-0.25, -0.2) is 4.18 Å². The van der Waals surface area contributed by atoms with Crippen LogP contribution in [0, 0.1) is 0 Å². The van der Waals surface area contributed by atoms with E-state index in [-0.39, 0.29) is 18.9 Å². The topological polar surface area (TPSA) is 192 Å². The summed E-state index contributed by atoms with van der Waals surface area (Å²) in [6.45, 7) is 3.42. The van der Waals surface area contributed by atoms with Crippen molar-refractivity contribution in [2.75, 3.05) is 13.2 Å². The number of carbonyl (C=O) groups excluding carboxylic acids is 1. The number of hydrogen-bond acceptors (Lipinski definition) is 10. The molecule has 13 heteroatoms. The van der Waals surface area contributed by atoms with Crippen LogP contribution in [0.2, 0.25) is 0 Å². The third-order valence-corrected chi connectivity index (χ3v) is 13.0. The van der Waals surface area contributed by atoms with Crippen molar-refractivity contribution in [2.24, 2.45) is 0 Å². The number of amides is 1. The van der Waals surface area contributed by atoms with Gasteiger partial charge >= 0.3 is 10.4 Å². The molecule has 1 heterocycles. The van der Waals surface area contributed by atoms with Gasteiger partial charge in [0.1, 0.15) is 24.4 Å². The smallest absolute Gasteiger partial charge is 0.394 e. The van der Waals surface area contributed by atoms with E-state index in [2.05, 4.69) is 23.3 Å². The van der Waals surface area contributed by atoms with Crippen LogP contribution in [-0.4, -0.2) is 95.4 Å². The molecule has 0 radical (unpaired) electrons. The summed E-state index contributed by atoms with van der Waals surface area (Å²) in [6, 6.07) is -0.939. The molecule has 6 N–H and O–H groups in total. The Bertz CT molecular complexity index is 1180. The van der Waals surface area contributed by atoms with E-state index in [1.165, 1.54) is 180 Å². The molecule has 0 saturated carbocycles. The average molecular weight is 920 g/mol. The van der Waals surface area contributed by atoms with Crippen molar-refractivity contribution in [3.05, 3.63) is 12.2 Å². The van der Waals surface area contributed by atoms with E-state index in [0.717, 1.165) is 38.5 Å². The van der Waals surface area contributed by atoms with Gasteiger partial charge in [-0.05, 0) is 19.3 Å². The molecular weight excluding hydrogens is 823 g/mol. The number of nitrogens with one attached hydrogen (secondary N) is 1. The summed E-state index contributed by atoms with van der Waals surface area (Å²) < 4.78 is 47.7. The average Bonchev–Trinajstić information content (AvgIpc) is 3.25. The fourth-order valence-electron chi connectivity index (χ4n) is 8.52. The van der Waals surface area contributed by atoms with E-state index < -0.39 is 59.9 Å². The van der Waals surface area contributed by atoms with Crippen molar-refractivity contribution < 1.29 is 51.8 Å². The minimum atomic E-state index is -5.08. The van der Waals surface area contributed by atoms with Gasteiger partial charge in [-0.1, -0.05) is 231 Å². The second kappa shape index (κ2) is 41.1. The first-order valence-electron chi connectivity index (χ1n) is 26.1. The first kappa shape index (κ1) is 59.9. The summed E-state index contributed by atoms with van der Waals surface area (Å²) in [6.07, 6.45) is 38.1. The van der Waals surface area contributed by atoms with E-state index >= 15 is 0 Å². The fourth-order valence-corrected chi connectivity index (χ4v) is 9.02. The van der Waals surface area contributed by atoms with E-state index in [9.17, 15) is 38.2 Å². The summed E-state index contributed by atoms with van der Waals surface area (Å²) in [5, 5.41) is 44.8. The molecule has 1 rings (SSSR count). The first-order chi connectivity index (χ1) is 30.5. The largest absolute Gasteiger partial charge is 0.397 e. The van der Waals surface area contributed by atoms with E-state index in [4.69, 9.17) is 9.47 Å². The van der Waals surface area contributed by atoms with Crippen molar-refractivity contribution in [2.45, 2.75) is 288 Å². The summed E-state index contributed by atoms with van der Waals surface area (Å²) in [5.41, 5.74) is 0. The Labute approximate surface area is 385 Å². The molecule has 1 fully saturated rings. The molecule has 0 aromatic rings. The minimum absolute atomic E-state index is 0.258. The van der Waals surface area contributed by atoms with Crippen LogP contribution < -0.4 is 5.32 Å². The zero-order chi connectivity index (χ0) is 46.2. The second-order valence-corrected chi connectivity index (χ2v) is 19.5. The molecule has 1 aliphatic rings. The van der Waals surface area contributed by atoms with Crippen molar-refractivity contribution in [3.63, 3.8) is 0 Å². The lowest BCUT2D eigenvalue weighted by molar-refractivity contribution is -0.298. The first-order valence-corrected chi connectivity index (χ1v) is 27.4. The Hall–Kier alpha value is -1.16. The third-order valence-electron chi connectivity index (χ3n) is 12.6. The molecule has 12 nitrogen and oxygen atoms in total. The van der Waals surface area contributed by atoms with E-state index in [0.29, 0.717) is 6.42 Å². The second-order valence-electron chi connectivity index (χ2n) is 18.5. The highest BCUT2D eigenvalue weighted by molar-refractivity contribution is 7.80. The van der Waals surface area contributed by atoms with Crippen LogP contribution in [0.15, 0.2) is 12.2 Å². The molecule has 1 amide bonds. The molecule has 7 atom stereocenters. The summed E-state index contributed by atoms with van der Waals surface area (Å²) in [4.78, 5) is 13.1. The summed E-state index contributed by atoms with van der Waals surface area (Å²) in [7, 11) is -5.08. The molecule has 63 heavy (non-hydrogen) atoms. The normalized spacial score (nSPS) is 20.4. The Kier molecular flexibility index (Phi) is 39.0. The fraction of sp³-hybridized carbons (Fsp3) is 0.940. The maximum Gasteiger partial charge on any atom is 0.397 e. The van der Waals surface area contributed by atoms with Crippen LogP contribution in [0.4, 0.5) is 0 Å². The monoisotopic (exact) mass is 920 g/mol. The van der Waals surface area contributed by atoms with Crippen LogP contribution in [-0.2, 0) is 28.9 Å². The zero-order valence-corrected chi connectivity index (χ0v) is 41.0. The highest BCUT2D eigenvalue weighted by Gasteiger charge is 2.48. The van der Waals surface area contributed by atoms with Crippen molar-refractivity contribution in [1.82, 2.24) is 5.32 Å². The summed E-state index contributed by atoms with van der Waals surface area (Å²) in [5.74, 6) is -0.258. The van der Waals surface area contributed by atoms with E-state index in [1.807, 2.05) is 6.08 Å². The molecular formula is C50H97NO11S. The lowest BCUT2D eigenvalue weighted by Gasteiger charge is -2.41. The Morgan fingerprint density at radius 3 is 1.38 bits per heavy atom. The van der Waals surface area contributed by atoms with E-state index in [1.54, 1.807) is 6.08 Å². The lowest BCUT2D eigenvalue weighted by Crippen LogP contribution is -2.61. The molecule has 0 aromatic carbocycles. The maximum atomic E-state index is 13.1. The van der Waals surface area contributed by atoms with Crippen molar-refractivity contribution in [1.29, 1.82) is 0 Å². The molecule has 0 spiro atoms. The lowest BCUT2D eigenvalue weighted by atomic mass is 9.99. The van der Waals surface area contributed by atoms with Gasteiger partial charge in [0.05, 0.1) is 25.4 Å². The Morgan fingerprint density at radius 2 is 1.00 bits per heavy atom. The standard InChI is InChI=1S/C50H97NO11S/c1-3-5-7-9-11-13-15-17-19-21-22-24-25-27-29-31-33-35-37-39-44(53)43(42-60-50-48(56)49(62-63(57,58)59)47(55)45(41-52)61-50)51-46(54)40-38-36-34-32-30-28-26-23-20-18-16-14-12-10-8-6-4-2/h37,39,43-45,47-50,52-53,55-56H,3-36,38,40-42H2,1-2H3,(H,51,54)(H,57,58,59)/b39-37+. The van der Waals surface area contributed by atoms with Crippen LogP contribution in [0.25, 0.3) is 0 Å². The van der Waals surface area contributed by atoms with Crippen LogP contribution in [0.1, 0.15) is 245 Å². The predicted molar refractivity (Wildman–Crippen MR) is 255 cm³/mol. The van der Waals surface area contributed by atoms with Crippen LogP contribution in [0.3, 0.4) is 0 Å². The number of aliphatic hydroxyl groups is 4. The number of unbranched alkanes of at least 4 members (excludes halogenated alkanes) is 33. The highest BCUT2D eigenvalue weighted by Crippen LogP contribution is 2.26. The van der Waals surface area contributed by atoms with Gasteiger partial charge < -0.3 is 35.2 Å². The number of ether oxygens (including phenoxy) is 2. The molecule has 0 bridgehead atoms.